The Kier molecular flexibility index (Phi) is 2.08. The topological polar surface area (TPSA) is 35.0 Å². The molecule has 1 aromatic carbocycles. The first-order chi connectivity index (χ1) is 6.72. The summed E-state index contributed by atoms with van der Waals surface area (Å²) in [6.07, 6.45) is 1.52. The molecule has 1 aromatic heterocycles. The molecule has 72 valence electrons. The standard InChI is InChI=1S/C11H12N2O/c1-7-4-9-10(5-8(7)2)12-6-13-11(9)14-3/h4-6H,1-3H3. The van der Waals surface area contributed by atoms with Crippen LogP contribution < -0.4 is 4.74 Å². The van der Waals surface area contributed by atoms with Crippen molar-refractivity contribution in [2.24, 2.45) is 0 Å². The Morgan fingerprint density at radius 2 is 1.79 bits per heavy atom. The van der Waals surface area contributed by atoms with Gasteiger partial charge in [-0.1, -0.05) is 0 Å². The van der Waals surface area contributed by atoms with E-state index in [-0.39, 0.29) is 0 Å². The molecule has 0 N–H and O–H groups in total. The van der Waals surface area contributed by atoms with Crippen LogP contribution >= 0.6 is 0 Å². The Morgan fingerprint density at radius 3 is 2.50 bits per heavy atom. The van der Waals surface area contributed by atoms with Crippen LogP contribution in [0, 0.1) is 13.8 Å². The predicted octanol–water partition coefficient (Wildman–Crippen LogP) is 2.26. The second kappa shape index (κ2) is 3.25. The first-order valence-electron chi connectivity index (χ1n) is 4.48. The lowest BCUT2D eigenvalue weighted by atomic mass is 10.1. The first-order valence-corrected chi connectivity index (χ1v) is 4.48. The van der Waals surface area contributed by atoms with Crippen molar-refractivity contribution >= 4 is 10.9 Å². The highest BCUT2D eigenvalue weighted by Gasteiger charge is 2.04. The molecule has 14 heavy (non-hydrogen) atoms. The third-order valence-electron chi connectivity index (χ3n) is 2.41. The Bertz CT molecular complexity index is 480. The second-order valence-electron chi connectivity index (χ2n) is 3.34. The largest absolute Gasteiger partial charge is 0.480 e. The summed E-state index contributed by atoms with van der Waals surface area (Å²) in [5, 5.41) is 0.970. The summed E-state index contributed by atoms with van der Waals surface area (Å²) in [6.45, 7) is 4.14. The summed E-state index contributed by atoms with van der Waals surface area (Å²) < 4.78 is 5.17. The quantitative estimate of drug-likeness (QED) is 0.688. The van der Waals surface area contributed by atoms with E-state index in [0.717, 1.165) is 10.9 Å². The molecule has 0 amide bonds. The van der Waals surface area contributed by atoms with Crippen molar-refractivity contribution in [1.82, 2.24) is 9.97 Å². The van der Waals surface area contributed by atoms with E-state index in [4.69, 9.17) is 4.74 Å². The van der Waals surface area contributed by atoms with E-state index in [1.165, 1.54) is 17.5 Å². The lowest BCUT2D eigenvalue weighted by molar-refractivity contribution is 0.402. The molecule has 1 heterocycles. The summed E-state index contributed by atoms with van der Waals surface area (Å²) in [4.78, 5) is 8.26. The van der Waals surface area contributed by atoms with Crippen molar-refractivity contribution in [2.75, 3.05) is 7.11 Å². The molecule has 0 radical (unpaired) electrons. The van der Waals surface area contributed by atoms with E-state index < -0.39 is 0 Å². The minimum absolute atomic E-state index is 0.637. The number of hydrogen-bond donors (Lipinski definition) is 0. The van der Waals surface area contributed by atoms with Gasteiger partial charge in [-0.15, -0.1) is 0 Å². The fraction of sp³-hybridized carbons (Fsp3) is 0.273. The van der Waals surface area contributed by atoms with Gasteiger partial charge >= 0.3 is 0 Å². The average Bonchev–Trinajstić information content (AvgIpc) is 2.19. The van der Waals surface area contributed by atoms with Gasteiger partial charge in [-0.2, -0.15) is 0 Å². The smallest absolute Gasteiger partial charge is 0.224 e. The second-order valence-corrected chi connectivity index (χ2v) is 3.34. The fourth-order valence-corrected chi connectivity index (χ4v) is 1.45. The van der Waals surface area contributed by atoms with Crippen LogP contribution in [-0.4, -0.2) is 17.1 Å². The van der Waals surface area contributed by atoms with E-state index in [0.29, 0.717) is 5.88 Å². The van der Waals surface area contributed by atoms with Gasteiger partial charge in [0.15, 0.2) is 0 Å². The lowest BCUT2D eigenvalue weighted by Crippen LogP contribution is -1.92. The molecule has 3 nitrogen and oxygen atoms in total. The van der Waals surface area contributed by atoms with E-state index >= 15 is 0 Å². The summed E-state index contributed by atoms with van der Waals surface area (Å²) in [6, 6.07) is 4.11. The number of benzene rings is 1. The molecule has 0 saturated carbocycles. The number of aromatic nitrogens is 2. The van der Waals surface area contributed by atoms with Crippen LogP contribution in [0.2, 0.25) is 0 Å². The molecular weight excluding hydrogens is 176 g/mol. The molecule has 0 aliphatic rings. The molecule has 0 atom stereocenters. The van der Waals surface area contributed by atoms with Gasteiger partial charge in [0.1, 0.15) is 6.33 Å². The van der Waals surface area contributed by atoms with Crippen LogP contribution in [0.25, 0.3) is 10.9 Å². The molecule has 0 spiro atoms. The number of hydrogen-bond acceptors (Lipinski definition) is 3. The number of fused-ring (bicyclic) bond motifs is 1. The Balaban J connectivity index is 2.81. The normalized spacial score (nSPS) is 10.5. The van der Waals surface area contributed by atoms with E-state index in [1.54, 1.807) is 7.11 Å². The fourth-order valence-electron chi connectivity index (χ4n) is 1.45. The van der Waals surface area contributed by atoms with Gasteiger partial charge in [-0.3, -0.25) is 0 Å². The van der Waals surface area contributed by atoms with E-state index in [9.17, 15) is 0 Å². The highest BCUT2D eigenvalue weighted by Crippen LogP contribution is 2.23. The molecule has 2 aromatic rings. The molecule has 0 unspecified atom stereocenters. The molecule has 3 heteroatoms. The zero-order chi connectivity index (χ0) is 10.1. The van der Waals surface area contributed by atoms with Gasteiger partial charge in [0.2, 0.25) is 5.88 Å². The maximum absolute atomic E-state index is 5.17. The number of ether oxygens (including phenoxy) is 1. The first kappa shape index (κ1) is 8.94. The number of nitrogens with zero attached hydrogens (tertiary/aromatic N) is 2. The highest BCUT2D eigenvalue weighted by molar-refractivity contribution is 5.84. The maximum Gasteiger partial charge on any atom is 0.224 e. The number of methoxy groups -OCH3 is 1. The SMILES string of the molecule is COc1ncnc2cc(C)c(C)cc12. The van der Waals surface area contributed by atoms with Crippen LogP contribution in [0.1, 0.15) is 11.1 Å². The lowest BCUT2D eigenvalue weighted by Gasteiger charge is -2.05. The minimum atomic E-state index is 0.637. The van der Waals surface area contributed by atoms with E-state index in [2.05, 4.69) is 35.9 Å². The van der Waals surface area contributed by atoms with Crippen LogP contribution in [0.5, 0.6) is 5.88 Å². The van der Waals surface area contributed by atoms with Crippen molar-refractivity contribution in [3.63, 3.8) is 0 Å². The van der Waals surface area contributed by atoms with Crippen molar-refractivity contribution in [3.05, 3.63) is 29.6 Å². The predicted molar refractivity (Wildman–Crippen MR) is 55.6 cm³/mol. The average molecular weight is 188 g/mol. The third-order valence-corrected chi connectivity index (χ3v) is 2.41. The van der Waals surface area contributed by atoms with E-state index in [1.807, 2.05) is 0 Å². The van der Waals surface area contributed by atoms with Crippen LogP contribution in [0.3, 0.4) is 0 Å². The summed E-state index contributed by atoms with van der Waals surface area (Å²) in [5.41, 5.74) is 3.39. The van der Waals surface area contributed by atoms with Crippen LogP contribution in [0.4, 0.5) is 0 Å². The molecule has 2 rings (SSSR count). The van der Waals surface area contributed by atoms with Gasteiger partial charge in [0, 0.05) is 0 Å². The molecule has 0 bridgehead atoms. The molecule has 0 aliphatic heterocycles. The number of rotatable bonds is 1. The maximum atomic E-state index is 5.17. The van der Waals surface area contributed by atoms with Crippen LogP contribution in [-0.2, 0) is 0 Å². The molecule has 0 aliphatic carbocycles. The minimum Gasteiger partial charge on any atom is -0.480 e. The molecule has 0 saturated heterocycles. The van der Waals surface area contributed by atoms with Crippen LogP contribution in [0.15, 0.2) is 18.5 Å². The zero-order valence-electron chi connectivity index (χ0n) is 8.53. The molecular formula is C11H12N2O. The Hall–Kier alpha value is -1.64. The van der Waals surface area contributed by atoms with Crippen molar-refractivity contribution < 1.29 is 4.74 Å². The van der Waals surface area contributed by atoms with Gasteiger partial charge < -0.3 is 4.74 Å². The van der Waals surface area contributed by atoms with Crippen molar-refractivity contribution in [1.29, 1.82) is 0 Å². The number of aryl methyl sites for hydroxylation is 2. The van der Waals surface area contributed by atoms with Crippen molar-refractivity contribution in [2.45, 2.75) is 13.8 Å². The zero-order valence-corrected chi connectivity index (χ0v) is 8.53. The molecule has 0 fully saturated rings. The van der Waals surface area contributed by atoms with Gasteiger partial charge in [0.25, 0.3) is 0 Å². The summed E-state index contributed by atoms with van der Waals surface area (Å²) in [7, 11) is 1.62. The van der Waals surface area contributed by atoms with Gasteiger partial charge in [-0.25, -0.2) is 9.97 Å². The summed E-state index contributed by atoms with van der Waals surface area (Å²) >= 11 is 0. The highest BCUT2D eigenvalue weighted by atomic mass is 16.5. The Labute approximate surface area is 82.8 Å². The summed E-state index contributed by atoms with van der Waals surface area (Å²) in [5.74, 6) is 0.637. The Morgan fingerprint density at radius 1 is 1.07 bits per heavy atom. The van der Waals surface area contributed by atoms with Gasteiger partial charge in [0.05, 0.1) is 18.0 Å². The monoisotopic (exact) mass is 188 g/mol. The third kappa shape index (κ3) is 1.31. The van der Waals surface area contributed by atoms with Gasteiger partial charge in [-0.05, 0) is 37.1 Å². The van der Waals surface area contributed by atoms with Crippen molar-refractivity contribution in [3.8, 4) is 5.88 Å².